The second kappa shape index (κ2) is 8.66. The summed E-state index contributed by atoms with van der Waals surface area (Å²) < 4.78 is 0. The number of hydrogen-bond donors (Lipinski definition) is 6. The molecule has 3 atom stereocenters. The number of carbonyl (C=O) groups excluding carboxylic acids is 1. The van der Waals surface area contributed by atoms with Gasteiger partial charge in [-0.1, -0.05) is 0 Å². The molecule has 0 saturated carbocycles. The molecule has 1 aromatic rings. The van der Waals surface area contributed by atoms with Gasteiger partial charge in [0.15, 0.2) is 0 Å². The first-order valence-electron chi connectivity index (χ1n) is 6.17. The Labute approximate surface area is 128 Å². The minimum Gasteiger partial charge on any atom is -0.394 e. The lowest BCUT2D eigenvalue weighted by molar-refractivity contribution is -0.104. The quantitative estimate of drug-likeness (QED) is 0.131. The fourth-order valence-corrected chi connectivity index (χ4v) is 2.52. The Kier molecular flexibility index (Phi) is 7.21. The topological polar surface area (TPSA) is 164 Å². The van der Waals surface area contributed by atoms with Crippen molar-refractivity contribution in [2.75, 3.05) is 12.4 Å². The number of aliphatic hydroxyl groups is 4. The molecule has 0 fully saturated rings. The summed E-state index contributed by atoms with van der Waals surface area (Å²) >= 11 is 0.845. The van der Waals surface area contributed by atoms with E-state index >= 15 is 0 Å². The molecule has 0 unspecified atom stereocenters. The molecule has 0 saturated heterocycles. The van der Waals surface area contributed by atoms with Crippen molar-refractivity contribution < 1.29 is 25.2 Å². The van der Waals surface area contributed by atoms with Crippen LogP contribution in [0.25, 0.3) is 6.08 Å². The molecule has 22 heavy (non-hydrogen) atoms. The van der Waals surface area contributed by atoms with Crippen LogP contribution in [0.15, 0.2) is 20.7 Å². The number of aliphatic hydroxyl groups excluding tert-OH is 4. The Morgan fingerprint density at radius 2 is 1.82 bits per heavy atom. The van der Waals surface area contributed by atoms with Crippen molar-refractivity contribution >= 4 is 24.1 Å². The van der Waals surface area contributed by atoms with Gasteiger partial charge in [-0.15, -0.1) is 11.8 Å². The molecule has 0 aliphatic heterocycles. The number of nitrogens with one attached hydrogen (secondary N) is 2. The van der Waals surface area contributed by atoms with Gasteiger partial charge in [-0.2, -0.15) is 0 Å². The number of rotatable bonds is 8. The maximum Gasteiger partial charge on any atom is 0.326 e. The molecule has 10 heteroatoms. The normalized spacial score (nSPS) is 15.6. The van der Waals surface area contributed by atoms with E-state index < -0.39 is 36.2 Å². The highest BCUT2D eigenvalue weighted by Crippen LogP contribution is 2.20. The first kappa shape index (κ1) is 18.3. The van der Waals surface area contributed by atoms with Crippen LogP contribution in [0.2, 0.25) is 0 Å². The molecule has 0 radical (unpaired) electrons. The fourth-order valence-electron chi connectivity index (χ4n) is 1.51. The summed E-state index contributed by atoms with van der Waals surface area (Å²) in [4.78, 5) is 37.6. The molecule has 0 aliphatic rings. The summed E-state index contributed by atoms with van der Waals surface area (Å²) in [5, 5.41) is 37.2. The first-order valence-corrected chi connectivity index (χ1v) is 7.15. The Bertz CT molecular complexity index is 639. The van der Waals surface area contributed by atoms with Crippen LogP contribution in [-0.4, -0.2) is 67.4 Å². The third-order valence-corrected chi connectivity index (χ3v) is 3.78. The molecule has 1 rings (SSSR count). The van der Waals surface area contributed by atoms with Gasteiger partial charge in [0.2, 0.25) is 0 Å². The molecule has 0 aromatic carbocycles. The van der Waals surface area contributed by atoms with E-state index in [2.05, 4.69) is 4.98 Å². The number of hydrogen-bond acceptors (Lipinski definition) is 8. The lowest BCUT2D eigenvalue weighted by Crippen LogP contribution is -2.40. The van der Waals surface area contributed by atoms with Crippen molar-refractivity contribution in [2.45, 2.75) is 23.3 Å². The molecule has 0 amide bonds. The van der Waals surface area contributed by atoms with Gasteiger partial charge in [-0.05, 0) is 12.2 Å². The third kappa shape index (κ3) is 4.93. The SMILES string of the molecule is O=C/C=C/c1c(SC[C@H](O)[C@H](O)[C@H](O)CO)[nH]c(=O)[nH]c1=O. The molecule has 1 aromatic heterocycles. The van der Waals surface area contributed by atoms with Crippen molar-refractivity contribution in [1.29, 1.82) is 0 Å². The van der Waals surface area contributed by atoms with Crippen molar-refractivity contribution in [3.05, 3.63) is 32.5 Å². The largest absolute Gasteiger partial charge is 0.394 e. The number of H-pyrrole nitrogens is 2. The van der Waals surface area contributed by atoms with Crippen LogP contribution in [0.5, 0.6) is 0 Å². The third-order valence-electron chi connectivity index (χ3n) is 2.66. The van der Waals surface area contributed by atoms with Crippen LogP contribution >= 0.6 is 11.8 Å². The van der Waals surface area contributed by atoms with Crippen LogP contribution in [-0.2, 0) is 4.79 Å². The number of thioether (sulfide) groups is 1. The molecule has 0 aliphatic carbocycles. The second-order valence-corrected chi connectivity index (χ2v) is 5.30. The van der Waals surface area contributed by atoms with Gasteiger partial charge < -0.3 is 25.4 Å². The number of aromatic nitrogens is 2. The van der Waals surface area contributed by atoms with Gasteiger partial charge in [-0.25, -0.2) is 4.79 Å². The van der Waals surface area contributed by atoms with E-state index in [1.807, 2.05) is 4.98 Å². The van der Waals surface area contributed by atoms with E-state index in [4.69, 9.17) is 5.11 Å². The van der Waals surface area contributed by atoms with E-state index in [-0.39, 0.29) is 16.3 Å². The zero-order valence-electron chi connectivity index (χ0n) is 11.3. The highest BCUT2D eigenvalue weighted by atomic mass is 32.2. The lowest BCUT2D eigenvalue weighted by atomic mass is 10.1. The van der Waals surface area contributed by atoms with Crippen LogP contribution < -0.4 is 11.2 Å². The maximum atomic E-state index is 11.7. The fraction of sp³-hybridized carbons (Fsp3) is 0.417. The van der Waals surface area contributed by atoms with Gasteiger partial charge in [-0.3, -0.25) is 14.6 Å². The molecule has 122 valence electrons. The van der Waals surface area contributed by atoms with E-state index in [9.17, 15) is 29.7 Å². The molecule has 0 spiro atoms. The van der Waals surface area contributed by atoms with E-state index in [1.54, 1.807) is 0 Å². The van der Waals surface area contributed by atoms with Crippen LogP contribution in [0, 0.1) is 0 Å². The van der Waals surface area contributed by atoms with Crippen molar-refractivity contribution in [3.63, 3.8) is 0 Å². The number of carbonyl (C=O) groups is 1. The lowest BCUT2D eigenvalue weighted by Gasteiger charge is -2.21. The highest BCUT2D eigenvalue weighted by molar-refractivity contribution is 7.99. The number of aldehydes is 1. The standard InChI is InChI=1S/C12H16N2O7S/c15-3-1-2-6-10(20)13-12(21)14-11(6)22-5-8(18)9(19)7(17)4-16/h1-3,7-9,16-19H,4-5H2,(H2,13,14,20,21)/b2-1+/t7-,8+,9-/m1/s1. The average Bonchev–Trinajstić information content (AvgIpc) is 2.49. The monoisotopic (exact) mass is 332 g/mol. The van der Waals surface area contributed by atoms with E-state index in [0.717, 1.165) is 17.8 Å². The van der Waals surface area contributed by atoms with Gasteiger partial charge in [0.25, 0.3) is 5.56 Å². The molecular formula is C12H16N2O7S. The zero-order valence-corrected chi connectivity index (χ0v) is 12.1. The summed E-state index contributed by atoms with van der Waals surface area (Å²) in [7, 11) is 0. The molecule has 9 nitrogen and oxygen atoms in total. The van der Waals surface area contributed by atoms with Gasteiger partial charge in [0, 0.05) is 5.75 Å². The predicted octanol–water partition coefficient (Wildman–Crippen LogP) is -2.56. The second-order valence-electron chi connectivity index (χ2n) is 4.27. The molecule has 1 heterocycles. The summed E-state index contributed by atoms with van der Waals surface area (Å²) in [5.41, 5.74) is -1.46. The van der Waals surface area contributed by atoms with E-state index in [1.165, 1.54) is 6.08 Å². The minimum absolute atomic E-state index is 0.0149. The van der Waals surface area contributed by atoms with E-state index in [0.29, 0.717) is 6.29 Å². The molecular weight excluding hydrogens is 316 g/mol. The Morgan fingerprint density at radius 1 is 1.14 bits per heavy atom. The highest BCUT2D eigenvalue weighted by Gasteiger charge is 2.24. The summed E-state index contributed by atoms with van der Waals surface area (Å²) in [6.45, 7) is -0.724. The van der Waals surface area contributed by atoms with Gasteiger partial charge >= 0.3 is 5.69 Å². The Balaban J connectivity index is 2.93. The first-order chi connectivity index (χ1) is 10.4. The summed E-state index contributed by atoms with van der Waals surface area (Å²) in [6, 6.07) is 0. The van der Waals surface area contributed by atoms with Crippen molar-refractivity contribution in [2.24, 2.45) is 0 Å². The van der Waals surface area contributed by atoms with Gasteiger partial charge in [0.1, 0.15) is 18.5 Å². The predicted molar refractivity (Wildman–Crippen MR) is 78.6 cm³/mol. The average molecular weight is 332 g/mol. The van der Waals surface area contributed by atoms with Crippen molar-refractivity contribution in [1.82, 2.24) is 9.97 Å². The Morgan fingerprint density at radius 3 is 2.41 bits per heavy atom. The zero-order chi connectivity index (χ0) is 16.7. The smallest absolute Gasteiger partial charge is 0.326 e. The number of allylic oxidation sites excluding steroid dienone is 1. The maximum absolute atomic E-state index is 11.7. The molecule has 6 N–H and O–H groups in total. The van der Waals surface area contributed by atoms with Crippen LogP contribution in [0.4, 0.5) is 0 Å². The summed E-state index contributed by atoms with van der Waals surface area (Å²) in [5.74, 6) is -0.167. The minimum atomic E-state index is -1.58. The number of aromatic amines is 2. The van der Waals surface area contributed by atoms with Gasteiger partial charge in [0.05, 0.1) is 23.3 Å². The Hall–Kier alpha value is -1.72. The van der Waals surface area contributed by atoms with Crippen LogP contribution in [0.1, 0.15) is 5.56 Å². The van der Waals surface area contributed by atoms with Crippen molar-refractivity contribution in [3.8, 4) is 0 Å². The summed E-state index contributed by atoms with van der Waals surface area (Å²) in [6.07, 6.45) is -1.79. The van der Waals surface area contributed by atoms with Crippen LogP contribution in [0.3, 0.4) is 0 Å². The molecule has 0 bridgehead atoms.